The second-order valence-corrected chi connectivity index (χ2v) is 7.11. The Morgan fingerprint density at radius 2 is 1.36 bits per heavy atom. The summed E-state index contributed by atoms with van der Waals surface area (Å²) in [4.78, 5) is 2.15. The van der Waals surface area contributed by atoms with Gasteiger partial charge in [0.25, 0.3) is 0 Å². The van der Waals surface area contributed by atoms with E-state index < -0.39 is 0 Å². The highest BCUT2D eigenvalue weighted by atomic mass is 15.1. The fourth-order valence-corrected chi connectivity index (χ4v) is 3.55. The predicted octanol–water partition coefficient (Wildman–Crippen LogP) is 4.58. The molecule has 0 aliphatic rings. The first kappa shape index (κ1) is 19.8. The maximum absolute atomic E-state index is 10.0. The summed E-state index contributed by atoms with van der Waals surface area (Å²) in [5.41, 5.74) is 3.66. The molecular formula is C25H27N3. The SMILES string of the molecule is CN(Cc1ccccc1)[C@@H](C#N)[C@@H](CNCc1ccccc1)c1ccccc1. The largest absolute Gasteiger partial charge is 0.312 e. The smallest absolute Gasteiger partial charge is 0.106 e. The number of likely N-dealkylation sites (N-methyl/N-ethyl adjacent to an activating group) is 1. The number of nitriles is 1. The van der Waals surface area contributed by atoms with Crippen molar-refractivity contribution in [3.8, 4) is 6.07 Å². The van der Waals surface area contributed by atoms with Crippen LogP contribution in [-0.2, 0) is 13.1 Å². The Morgan fingerprint density at radius 3 is 1.93 bits per heavy atom. The number of hydrogen-bond donors (Lipinski definition) is 1. The third-order valence-electron chi connectivity index (χ3n) is 5.03. The first-order chi connectivity index (χ1) is 13.8. The molecule has 0 aliphatic carbocycles. The van der Waals surface area contributed by atoms with Gasteiger partial charge in [-0.15, -0.1) is 0 Å². The zero-order valence-electron chi connectivity index (χ0n) is 16.3. The molecule has 1 N–H and O–H groups in total. The molecule has 142 valence electrons. The molecule has 0 fully saturated rings. The van der Waals surface area contributed by atoms with Crippen LogP contribution >= 0.6 is 0 Å². The zero-order chi connectivity index (χ0) is 19.6. The molecule has 0 unspecified atom stereocenters. The Bertz CT molecular complexity index is 857. The molecule has 0 aromatic heterocycles. The Morgan fingerprint density at radius 1 is 0.821 bits per heavy atom. The van der Waals surface area contributed by atoms with Crippen molar-refractivity contribution in [1.82, 2.24) is 10.2 Å². The second-order valence-electron chi connectivity index (χ2n) is 7.11. The summed E-state index contributed by atoms with van der Waals surface area (Å²) < 4.78 is 0. The standard InChI is InChI=1S/C25H27N3/c1-28(20-22-13-7-3-8-14-22)25(17-26)24(23-15-9-4-10-16-23)19-27-18-21-11-5-2-6-12-21/h2-16,24-25,27H,18-20H2,1H3/t24-,25-/m0/s1. The zero-order valence-corrected chi connectivity index (χ0v) is 16.3. The second kappa shape index (κ2) is 10.4. The first-order valence-corrected chi connectivity index (χ1v) is 9.71. The molecule has 0 saturated heterocycles. The van der Waals surface area contributed by atoms with E-state index in [0.29, 0.717) is 0 Å². The molecule has 0 radical (unpaired) electrons. The van der Waals surface area contributed by atoms with Crippen LogP contribution in [0.15, 0.2) is 91.0 Å². The van der Waals surface area contributed by atoms with E-state index >= 15 is 0 Å². The lowest BCUT2D eigenvalue weighted by Crippen LogP contribution is -2.39. The van der Waals surface area contributed by atoms with Crippen LogP contribution in [-0.4, -0.2) is 24.5 Å². The number of nitrogens with one attached hydrogen (secondary N) is 1. The normalized spacial score (nSPS) is 13.0. The lowest BCUT2D eigenvalue weighted by Gasteiger charge is -2.30. The van der Waals surface area contributed by atoms with E-state index in [-0.39, 0.29) is 12.0 Å². The minimum Gasteiger partial charge on any atom is -0.312 e. The van der Waals surface area contributed by atoms with Gasteiger partial charge in [0.05, 0.1) is 6.07 Å². The van der Waals surface area contributed by atoms with Gasteiger partial charge in [-0.05, 0) is 23.7 Å². The van der Waals surface area contributed by atoms with Crippen molar-refractivity contribution in [2.45, 2.75) is 25.0 Å². The summed E-state index contributed by atoms with van der Waals surface area (Å²) in [7, 11) is 2.04. The molecule has 3 rings (SSSR count). The Kier molecular flexibility index (Phi) is 7.37. The molecule has 2 atom stereocenters. The number of benzene rings is 3. The highest BCUT2D eigenvalue weighted by Gasteiger charge is 2.26. The Balaban J connectivity index is 1.73. The van der Waals surface area contributed by atoms with E-state index in [0.717, 1.165) is 19.6 Å². The van der Waals surface area contributed by atoms with Crippen LogP contribution in [0, 0.1) is 11.3 Å². The highest BCUT2D eigenvalue weighted by molar-refractivity contribution is 5.25. The summed E-state index contributed by atoms with van der Waals surface area (Å²) >= 11 is 0. The van der Waals surface area contributed by atoms with Gasteiger partial charge in [0.15, 0.2) is 0 Å². The van der Waals surface area contributed by atoms with Gasteiger partial charge in [0, 0.05) is 25.6 Å². The average molecular weight is 370 g/mol. The van der Waals surface area contributed by atoms with Crippen molar-refractivity contribution in [2.75, 3.05) is 13.6 Å². The van der Waals surface area contributed by atoms with E-state index in [1.807, 2.05) is 49.5 Å². The van der Waals surface area contributed by atoms with Crippen LogP contribution in [0.1, 0.15) is 22.6 Å². The van der Waals surface area contributed by atoms with Gasteiger partial charge >= 0.3 is 0 Å². The van der Waals surface area contributed by atoms with E-state index in [1.165, 1.54) is 16.7 Å². The number of nitrogens with zero attached hydrogens (tertiary/aromatic N) is 2. The fraction of sp³-hybridized carbons (Fsp3) is 0.240. The quantitative estimate of drug-likeness (QED) is 0.600. The van der Waals surface area contributed by atoms with E-state index in [2.05, 4.69) is 64.8 Å². The van der Waals surface area contributed by atoms with Crippen molar-refractivity contribution in [1.29, 1.82) is 5.26 Å². The van der Waals surface area contributed by atoms with Crippen molar-refractivity contribution in [2.24, 2.45) is 0 Å². The Labute approximate surface area is 168 Å². The minimum atomic E-state index is -0.217. The lowest BCUT2D eigenvalue weighted by atomic mass is 9.90. The van der Waals surface area contributed by atoms with E-state index in [1.54, 1.807) is 0 Å². The van der Waals surface area contributed by atoms with Crippen LogP contribution in [0.4, 0.5) is 0 Å². The van der Waals surface area contributed by atoms with Crippen LogP contribution < -0.4 is 5.32 Å². The summed E-state index contributed by atoms with van der Waals surface area (Å²) in [5, 5.41) is 13.6. The monoisotopic (exact) mass is 369 g/mol. The van der Waals surface area contributed by atoms with Gasteiger partial charge in [-0.25, -0.2) is 0 Å². The number of rotatable bonds is 9. The van der Waals surface area contributed by atoms with Gasteiger partial charge < -0.3 is 5.32 Å². The molecule has 28 heavy (non-hydrogen) atoms. The molecule has 0 bridgehead atoms. The van der Waals surface area contributed by atoms with Crippen LogP contribution in [0.5, 0.6) is 0 Å². The van der Waals surface area contributed by atoms with E-state index in [4.69, 9.17) is 0 Å². The molecule has 3 nitrogen and oxygen atoms in total. The summed E-state index contributed by atoms with van der Waals surface area (Å²) in [6, 6.07) is 33.4. The Hall–Kier alpha value is -2.93. The van der Waals surface area contributed by atoms with Gasteiger partial charge in [0.2, 0.25) is 0 Å². The van der Waals surface area contributed by atoms with Gasteiger partial charge in [-0.3, -0.25) is 4.90 Å². The molecule has 0 saturated carbocycles. The lowest BCUT2D eigenvalue weighted by molar-refractivity contribution is 0.243. The number of hydrogen-bond acceptors (Lipinski definition) is 3. The van der Waals surface area contributed by atoms with Crippen LogP contribution in [0.25, 0.3) is 0 Å². The van der Waals surface area contributed by atoms with Crippen molar-refractivity contribution in [3.63, 3.8) is 0 Å². The van der Waals surface area contributed by atoms with Crippen LogP contribution in [0.3, 0.4) is 0 Å². The maximum Gasteiger partial charge on any atom is 0.106 e. The van der Waals surface area contributed by atoms with Gasteiger partial charge in [-0.1, -0.05) is 91.0 Å². The van der Waals surface area contributed by atoms with Gasteiger partial charge in [0.1, 0.15) is 6.04 Å². The summed E-state index contributed by atoms with van der Waals surface area (Å²) in [5.74, 6) is 0.0867. The molecule has 3 aromatic carbocycles. The molecule has 0 spiro atoms. The molecule has 3 aromatic rings. The van der Waals surface area contributed by atoms with Crippen molar-refractivity contribution >= 4 is 0 Å². The minimum absolute atomic E-state index is 0.0867. The average Bonchev–Trinajstić information content (AvgIpc) is 2.75. The molecular weight excluding hydrogens is 342 g/mol. The highest BCUT2D eigenvalue weighted by Crippen LogP contribution is 2.23. The van der Waals surface area contributed by atoms with Crippen molar-refractivity contribution in [3.05, 3.63) is 108 Å². The topological polar surface area (TPSA) is 39.1 Å². The molecule has 0 aliphatic heterocycles. The molecule has 0 amide bonds. The molecule has 0 heterocycles. The first-order valence-electron chi connectivity index (χ1n) is 9.71. The molecule has 3 heteroatoms. The fourth-order valence-electron chi connectivity index (χ4n) is 3.55. The summed E-state index contributed by atoms with van der Waals surface area (Å²) in [6.07, 6.45) is 0. The third kappa shape index (κ3) is 5.53. The summed E-state index contributed by atoms with van der Waals surface area (Å²) in [6.45, 7) is 2.29. The van der Waals surface area contributed by atoms with Crippen molar-refractivity contribution < 1.29 is 0 Å². The van der Waals surface area contributed by atoms with E-state index in [9.17, 15) is 5.26 Å². The van der Waals surface area contributed by atoms with Crippen LogP contribution in [0.2, 0.25) is 0 Å². The van der Waals surface area contributed by atoms with Gasteiger partial charge in [-0.2, -0.15) is 5.26 Å². The predicted molar refractivity (Wildman–Crippen MR) is 115 cm³/mol. The third-order valence-corrected chi connectivity index (χ3v) is 5.03. The maximum atomic E-state index is 10.0.